The number of methoxy groups -OCH3 is 2. The minimum atomic E-state index is -3.48. The van der Waals surface area contributed by atoms with Crippen LogP contribution in [0, 0.1) is 17.8 Å². The van der Waals surface area contributed by atoms with Crippen molar-refractivity contribution in [3.05, 3.63) is 70.3 Å². The molecule has 3 aliphatic carbocycles. The Hall–Kier alpha value is -3.12. The van der Waals surface area contributed by atoms with Crippen LogP contribution in [0.5, 0.6) is 5.75 Å². The van der Waals surface area contributed by atoms with E-state index in [4.69, 9.17) is 25.8 Å². The first-order chi connectivity index (χ1) is 23.6. The first-order valence-electron chi connectivity index (χ1n) is 17.5. The van der Waals surface area contributed by atoms with E-state index in [9.17, 15) is 13.8 Å². The third kappa shape index (κ3) is 7.22. The van der Waals surface area contributed by atoms with E-state index >= 15 is 0 Å². The molecule has 2 aromatic rings. The van der Waals surface area contributed by atoms with Crippen LogP contribution < -0.4 is 19.7 Å². The van der Waals surface area contributed by atoms with Gasteiger partial charge in [-0.15, -0.1) is 4.36 Å². The topological polar surface area (TPSA) is 119 Å². The lowest BCUT2D eigenvalue weighted by atomic mass is 9.68. The molecular weight excluding hydrogens is 664 g/mol. The standard InChI is InChI=1S/C37H47ClN4O6S/c1-23-6-4-8-32(46-2)28-12-9-26(28)19-42-21-37(15-5-7-24-16-27(38)11-13-29(24)37)22-48-33-14-10-25(17-31(33)42)35(43)40-49(45,20-23)41-36(44)39-30-18-34(30)47-3/h4,8,10-11,13-14,16-17,23,26,28,30,32,34H,5-7,9,12,15,18-22H2,1-3H3,(H2,39,40,41,43,44,45)/b8-4+/t23-,26-,28+,30-,32-,34+,37-,49?/m0/s1. The van der Waals surface area contributed by atoms with Gasteiger partial charge < -0.3 is 24.4 Å². The van der Waals surface area contributed by atoms with Crippen LogP contribution in [0.1, 0.15) is 66.9 Å². The highest BCUT2D eigenvalue weighted by atomic mass is 35.5. The summed E-state index contributed by atoms with van der Waals surface area (Å²) in [6.07, 6.45) is 10.5. The molecule has 0 aromatic heterocycles. The molecule has 2 N–H and O–H groups in total. The van der Waals surface area contributed by atoms with E-state index in [-0.39, 0.29) is 35.3 Å². The summed E-state index contributed by atoms with van der Waals surface area (Å²) >= 11 is 6.45. The number of carbonyl (C=O) groups is 2. The van der Waals surface area contributed by atoms with Gasteiger partial charge in [0.2, 0.25) is 0 Å². The van der Waals surface area contributed by atoms with Crippen LogP contribution in [0.2, 0.25) is 5.02 Å². The minimum absolute atomic E-state index is 0.0185. The van der Waals surface area contributed by atoms with Crippen molar-refractivity contribution >= 4 is 39.1 Å². The van der Waals surface area contributed by atoms with E-state index < -0.39 is 21.9 Å². The zero-order chi connectivity index (χ0) is 34.3. The normalized spacial score (nSPS) is 34.6. The van der Waals surface area contributed by atoms with Crippen molar-refractivity contribution in [3.8, 4) is 5.75 Å². The first kappa shape index (κ1) is 34.3. The second kappa shape index (κ2) is 13.9. The van der Waals surface area contributed by atoms with Gasteiger partial charge in [-0.2, -0.15) is 0 Å². The zero-order valence-electron chi connectivity index (χ0n) is 28.5. The fourth-order valence-electron chi connectivity index (χ4n) is 8.29. The van der Waals surface area contributed by atoms with E-state index in [1.165, 1.54) is 11.1 Å². The summed E-state index contributed by atoms with van der Waals surface area (Å²) in [6.45, 7) is 3.97. The summed E-state index contributed by atoms with van der Waals surface area (Å²) in [5.74, 6) is 0.700. The smallest absolute Gasteiger partial charge is 0.327 e. The second-order valence-electron chi connectivity index (χ2n) is 14.7. The fraction of sp³-hybridized carbons (Fsp3) is 0.568. The van der Waals surface area contributed by atoms with Gasteiger partial charge in [0, 0.05) is 43.3 Å². The van der Waals surface area contributed by atoms with Gasteiger partial charge in [-0.05, 0) is 104 Å². The Morgan fingerprint density at radius 2 is 2.02 bits per heavy atom. The number of hydrogen-bond donors (Lipinski definition) is 2. The number of hydrogen-bond acceptors (Lipinski definition) is 7. The minimum Gasteiger partial charge on any atom is -0.490 e. The van der Waals surface area contributed by atoms with E-state index in [2.05, 4.69) is 43.6 Å². The molecule has 1 spiro atoms. The van der Waals surface area contributed by atoms with Crippen LogP contribution in [0.15, 0.2) is 52.9 Å². The lowest BCUT2D eigenvalue weighted by Gasteiger charge is -2.46. The Morgan fingerprint density at radius 1 is 1.16 bits per heavy atom. The Kier molecular flexibility index (Phi) is 9.73. The number of rotatable bonds is 4. The fourth-order valence-corrected chi connectivity index (χ4v) is 10.3. The number of ether oxygens (including phenoxy) is 3. The molecule has 8 atom stereocenters. The number of allylic oxidation sites excluding steroid dienone is 1. The third-order valence-electron chi connectivity index (χ3n) is 11.1. The maximum Gasteiger partial charge on any atom is 0.327 e. The van der Waals surface area contributed by atoms with Gasteiger partial charge in [0.15, 0.2) is 0 Å². The highest BCUT2D eigenvalue weighted by Gasteiger charge is 2.44. The molecule has 0 saturated heterocycles. The summed E-state index contributed by atoms with van der Waals surface area (Å²) in [4.78, 5) is 29.2. The lowest BCUT2D eigenvalue weighted by molar-refractivity contribution is 0.0131. The Bertz CT molecular complexity index is 1760. The monoisotopic (exact) mass is 710 g/mol. The maximum atomic E-state index is 14.3. The molecule has 1 unspecified atom stereocenters. The molecule has 0 radical (unpaired) electrons. The average molecular weight is 711 g/mol. The molecule has 10 nitrogen and oxygen atoms in total. The number of nitrogens with one attached hydrogen (secondary N) is 2. The highest BCUT2D eigenvalue weighted by Crippen LogP contribution is 2.47. The van der Waals surface area contributed by atoms with Crippen molar-refractivity contribution in [2.24, 2.45) is 22.1 Å². The SMILES string of the molecule is CO[C@H]1/C=C/C[C@H](C)CS(=O)(NC(=O)N[C@H]2C[C@H]2OC)=NC(=O)c2ccc3c(c2)N(C[C@@H]2CC[C@H]21)C[C@@]1(CCCc2cc(Cl)ccc21)CO3. The van der Waals surface area contributed by atoms with Crippen LogP contribution in [0.3, 0.4) is 0 Å². The molecule has 2 aliphatic heterocycles. The van der Waals surface area contributed by atoms with Gasteiger partial charge in [0.25, 0.3) is 5.91 Å². The Labute approximate surface area is 294 Å². The maximum absolute atomic E-state index is 14.3. The van der Waals surface area contributed by atoms with Crippen LogP contribution in [0.25, 0.3) is 0 Å². The quantitative estimate of drug-likeness (QED) is 0.371. The number of urea groups is 1. The molecule has 3 amide bonds. The van der Waals surface area contributed by atoms with Gasteiger partial charge in [-0.3, -0.25) is 9.52 Å². The van der Waals surface area contributed by atoms with Gasteiger partial charge in [0.05, 0.1) is 36.3 Å². The Balaban J connectivity index is 1.27. The molecule has 5 aliphatic rings. The van der Waals surface area contributed by atoms with Crippen molar-refractivity contribution in [1.29, 1.82) is 0 Å². The molecule has 2 bridgehead atoms. The van der Waals surface area contributed by atoms with E-state index in [1.54, 1.807) is 20.3 Å². The van der Waals surface area contributed by atoms with Crippen molar-refractivity contribution in [3.63, 3.8) is 0 Å². The third-order valence-corrected chi connectivity index (χ3v) is 13.3. The van der Waals surface area contributed by atoms with Crippen molar-refractivity contribution in [2.45, 2.75) is 75.5 Å². The van der Waals surface area contributed by atoms with Crippen molar-refractivity contribution in [1.82, 2.24) is 10.0 Å². The number of aryl methyl sites for hydroxylation is 1. The van der Waals surface area contributed by atoms with Crippen molar-refractivity contribution in [2.75, 3.05) is 44.6 Å². The summed E-state index contributed by atoms with van der Waals surface area (Å²) in [5, 5.41) is 3.54. The highest BCUT2D eigenvalue weighted by molar-refractivity contribution is 7.92. The summed E-state index contributed by atoms with van der Waals surface area (Å²) in [6, 6.07) is 10.8. The van der Waals surface area contributed by atoms with Gasteiger partial charge >= 0.3 is 6.03 Å². The molecule has 2 heterocycles. The number of halogens is 1. The summed E-state index contributed by atoms with van der Waals surface area (Å²) in [7, 11) is -0.129. The first-order valence-corrected chi connectivity index (χ1v) is 19.6. The summed E-state index contributed by atoms with van der Waals surface area (Å²) in [5.41, 5.74) is 3.42. The van der Waals surface area contributed by atoms with Crippen LogP contribution in [0.4, 0.5) is 10.5 Å². The van der Waals surface area contributed by atoms with Gasteiger partial charge in [0.1, 0.15) is 15.7 Å². The lowest BCUT2D eigenvalue weighted by Crippen LogP contribution is -2.49. The van der Waals surface area contributed by atoms with E-state index in [1.807, 2.05) is 25.1 Å². The molecule has 264 valence electrons. The molecular formula is C37H47ClN4O6S. The number of carbonyl (C=O) groups excluding carboxylic acids is 2. The molecule has 12 heteroatoms. The van der Waals surface area contributed by atoms with Gasteiger partial charge in [-0.1, -0.05) is 36.7 Å². The van der Waals surface area contributed by atoms with E-state index in [0.29, 0.717) is 42.6 Å². The van der Waals surface area contributed by atoms with Crippen LogP contribution >= 0.6 is 11.6 Å². The number of nitrogens with zero attached hydrogens (tertiary/aromatic N) is 2. The molecule has 49 heavy (non-hydrogen) atoms. The van der Waals surface area contributed by atoms with Crippen LogP contribution in [-0.4, -0.2) is 74.1 Å². The molecule has 2 saturated carbocycles. The summed E-state index contributed by atoms with van der Waals surface area (Å²) < 4.78 is 39.1. The number of amides is 3. The largest absolute Gasteiger partial charge is 0.490 e. The second-order valence-corrected chi connectivity index (χ2v) is 17.1. The number of fused-ring (bicyclic) bond motifs is 4. The number of anilines is 1. The molecule has 7 rings (SSSR count). The predicted octanol–water partition coefficient (Wildman–Crippen LogP) is 6.06. The predicted molar refractivity (Wildman–Crippen MR) is 191 cm³/mol. The molecule has 2 aromatic carbocycles. The number of benzene rings is 2. The zero-order valence-corrected chi connectivity index (χ0v) is 30.1. The Morgan fingerprint density at radius 3 is 2.78 bits per heavy atom. The van der Waals surface area contributed by atoms with Gasteiger partial charge in [-0.25, -0.2) is 9.00 Å². The van der Waals surface area contributed by atoms with Crippen molar-refractivity contribution < 1.29 is 28.0 Å². The molecule has 2 fully saturated rings. The van der Waals surface area contributed by atoms with Crippen LogP contribution in [-0.2, 0) is 31.2 Å². The van der Waals surface area contributed by atoms with E-state index in [0.717, 1.165) is 55.9 Å². The average Bonchev–Trinajstić information content (AvgIpc) is 3.83.